The number of para-hydroxylation sites is 1. The molecule has 0 spiro atoms. The Labute approximate surface area is 138 Å². The van der Waals surface area contributed by atoms with Gasteiger partial charge in [0.15, 0.2) is 0 Å². The first kappa shape index (κ1) is 14.4. The molecule has 3 heterocycles. The first-order valence-corrected chi connectivity index (χ1v) is 8.50. The second-order valence-corrected chi connectivity index (χ2v) is 6.72. The van der Waals surface area contributed by atoms with E-state index in [1.807, 2.05) is 31.6 Å². The number of aromatic nitrogens is 3. The van der Waals surface area contributed by atoms with E-state index in [1.165, 1.54) is 11.3 Å². The van der Waals surface area contributed by atoms with Crippen LogP contribution in [0.1, 0.15) is 17.2 Å². The van der Waals surface area contributed by atoms with Crippen molar-refractivity contribution < 1.29 is 5.11 Å². The van der Waals surface area contributed by atoms with Crippen molar-refractivity contribution in [3.05, 3.63) is 53.3 Å². The molecule has 0 saturated carbocycles. The number of anilines is 1. The van der Waals surface area contributed by atoms with Crippen LogP contribution in [0.3, 0.4) is 0 Å². The van der Waals surface area contributed by atoms with Gasteiger partial charge < -0.3 is 10.0 Å². The number of nitrogens with zero attached hydrogens (tertiary/aromatic N) is 4. The molecule has 5 nitrogen and oxygen atoms in total. The highest BCUT2D eigenvalue weighted by atomic mass is 32.1. The van der Waals surface area contributed by atoms with Gasteiger partial charge in [0.1, 0.15) is 5.01 Å². The van der Waals surface area contributed by atoms with Crippen molar-refractivity contribution in [3.8, 4) is 10.6 Å². The zero-order chi connectivity index (χ0) is 15.8. The lowest BCUT2D eigenvalue weighted by Gasteiger charge is -2.18. The SMILES string of the molecule is Cn1cc(-c2nc(CN3CC(CO)c4ccccc43)cs2)cn1. The van der Waals surface area contributed by atoms with E-state index in [4.69, 9.17) is 4.98 Å². The van der Waals surface area contributed by atoms with E-state index in [-0.39, 0.29) is 12.5 Å². The molecule has 0 radical (unpaired) electrons. The third kappa shape index (κ3) is 2.64. The molecule has 1 atom stereocenters. The van der Waals surface area contributed by atoms with Gasteiger partial charge in [0.2, 0.25) is 0 Å². The van der Waals surface area contributed by atoms with Gasteiger partial charge >= 0.3 is 0 Å². The van der Waals surface area contributed by atoms with E-state index in [0.717, 1.165) is 29.4 Å². The number of thiazole rings is 1. The summed E-state index contributed by atoms with van der Waals surface area (Å²) in [5, 5.41) is 16.9. The number of aliphatic hydroxyl groups is 1. The van der Waals surface area contributed by atoms with E-state index in [2.05, 4.69) is 27.5 Å². The third-order valence-electron chi connectivity index (χ3n) is 4.23. The molecule has 0 aliphatic carbocycles. The molecule has 1 aliphatic heterocycles. The molecule has 2 aromatic heterocycles. The van der Waals surface area contributed by atoms with Crippen LogP contribution >= 0.6 is 11.3 Å². The number of fused-ring (bicyclic) bond motifs is 1. The highest BCUT2D eigenvalue weighted by molar-refractivity contribution is 7.13. The van der Waals surface area contributed by atoms with E-state index < -0.39 is 0 Å². The average molecular weight is 326 g/mol. The molecule has 1 unspecified atom stereocenters. The number of aliphatic hydroxyl groups excluding tert-OH is 1. The standard InChI is InChI=1S/C17H18N4OS/c1-20-7-12(6-18-20)17-19-14(11-23-17)9-21-8-13(10-22)15-4-2-3-5-16(15)21/h2-7,11,13,22H,8-10H2,1H3. The summed E-state index contributed by atoms with van der Waals surface area (Å²) in [4.78, 5) is 7.05. The first-order valence-electron chi connectivity index (χ1n) is 7.63. The minimum absolute atomic E-state index is 0.186. The Kier molecular flexibility index (Phi) is 3.63. The van der Waals surface area contributed by atoms with Crippen LogP contribution in [-0.2, 0) is 13.6 Å². The smallest absolute Gasteiger partial charge is 0.126 e. The average Bonchev–Trinajstić information content (AvgIpc) is 3.27. The minimum atomic E-state index is 0.186. The lowest BCUT2D eigenvalue weighted by atomic mass is 10.0. The molecule has 1 aromatic carbocycles. The van der Waals surface area contributed by atoms with E-state index in [1.54, 1.807) is 16.0 Å². The lowest BCUT2D eigenvalue weighted by Crippen LogP contribution is -2.22. The van der Waals surface area contributed by atoms with Gasteiger partial charge in [0.25, 0.3) is 0 Å². The van der Waals surface area contributed by atoms with Gasteiger partial charge in [-0.2, -0.15) is 5.10 Å². The molecule has 4 rings (SSSR count). The van der Waals surface area contributed by atoms with Gasteiger partial charge in [0.05, 0.1) is 25.0 Å². The molecule has 1 N–H and O–H groups in total. The molecule has 0 amide bonds. The Hall–Kier alpha value is -2.18. The largest absolute Gasteiger partial charge is 0.396 e. The van der Waals surface area contributed by atoms with Gasteiger partial charge in [-0.3, -0.25) is 4.68 Å². The summed E-state index contributed by atoms with van der Waals surface area (Å²) in [5.74, 6) is 0.197. The van der Waals surface area contributed by atoms with Gasteiger partial charge in [-0.1, -0.05) is 18.2 Å². The zero-order valence-corrected chi connectivity index (χ0v) is 13.7. The predicted molar refractivity (Wildman–Crippen MR) is 91.6 cm³/mol. The number of hydrogen-bond acceptors (Lipinski definition) is 5. The topological polar surface area (TPSA) is 54.2 Å². The maximum atomic E-state index is 9.60. The van der Waals surface area contributed by atoms with Crippen molar-refractivity contribution in [1.29, 1.82) is 0 Å². The Morgan fingerprint density at radius 2 is 2.22 bits per heavy atom. The summed E-state index contributed by atoms with van der Waals surface area (Å²) in [6.07, 6.45) is 3.82. The Bertz CT molecular complexity index is 825. The molecule has 118 valence electrons. The monoisotopic (exact) mass is 326 g/mol. The molecule has 3 aromatic rings. The second kappa shape index (κ2) is 5.79. The number of aryl methyl sites for hydroxylation is 1. The summed E-state index contributed by atoms with van der Waals surface area (Å²) in [6, 6.07) is 8.32. The highest BCUT2D eigenvalue weighted by Gasteiger charge is 2.28. The Morgan fingerprint density at radius 3 is 3.00 bits per heavy atom. The van der Waals surface area contributed by atoms with Gasteiger partial charge in [-0.05, 0) is 11.6 Å². The van der Waals surface area contributed by atoms with Crippen molar-refractivity contribution in [2.75, 3.05) is 18.1 Å². The highest BCUT2D eigenvalue weighted by Crippen LogP contribution is 2.37. The summed E-state index contributed by atoms with van der Waals surface area (Å²) >= 11 is 1.65. The second-order valence-electron chi connectivity index (χ2n) is 5.87. The minimum Gasteiger partial charge on any atom is -0.396 e. The number of hydrogen-bond donors (Lipinski definition) is 1. The summed E-state index contributed by atoms with van der Waals surface area (Å²) in [5.41, 5.74) is 4.56. The van der Waals surface area contributed by atoms with Crippen LogP contribution in [-0.4, -0.2) is 33.0 Å². The van der Waals surface area contributed by atoms with Crippen LogP contribution < -0.4 is 4.90 Å². The van der Waals surface area contributed by atoms with Crippen LogP contribution in [0, 0.1) is 0 Å². The Morgan fingerprint density at radius 1 is 1.35 bits per heavy atom. The molecule has 0 saturated heterocycles. The molecule has 6 heteroatoms. The molecule has 23 heavy (non-hydrogen) atoms. The van der Waals surface area contributed by atoms with E-state index in [0.29, 0.717) is 0 Å². The van der Waals surface area contributed by atoms with Crippen molar-refractivity contribution in [2.24, 2.45) is 7.05 Å². The molecule has 1 aliphatic rings. The van der Waals surface area contributed by atoms with Crippen LogP contribution in [0.5, 0.6) is 0 Å². The quantitative estimate of drug-likeness (QED) is 0.801. The molecule has 0 fully saturated rings. The number of benzene rings is 1. The van der Waals surface area contributed by atoms with Crippen molar-refractivity contribution >= 4 is 17.0 Å². The van der Waals surface area contributed by atoms with Crippen molar-refractivity contribution in [3.63, 3.8) is 0 Å². The van der Waals surface area contributed by atoms with Crippen LogP contribution in [0.15, 0.2) is 42.0 Å². The Balaban J connectivity index is 1.56. The van der Waals surface area contributed by atoms with Gasteiger partial charge in [0, 0.05) is 42.3 Å². The maximum absolute atomic E-state index is 9.60. The summed E-state index contributed by atoms with van der Waals surface area (Å²) in [7, 11) is 1.91. The fraction of sp³-hybridized carbons (Fsp3) is 0.294. The molecular weight excluding hydrogens is 308 g/mol. The molecular formula is C17H18N4OS. The van der Waals surface area contributed by atoms with Crippen LogP contribution in [0.25, 0.3) is 10.6 Å². The zero-order valence-electron chi connectivity index (χ0n) is 12.9. The first-order chi connectivity index (χ1) is 11.2. The fourth-order valence-electron chi connectivity index (χ4n) is 3.13. The van der Waals surface area contributed by atoms with Gasteiger partial charge in [-0.25, -0.2) is 4.98 Å². The predicted octanol–water partition coefficient (Wildman–Crippen LogP) is 2.64. The van der Waals surface area contributed by atoms with Crippen molar-refractivity contribution in [2.45, 2.75) is 12.5 Å². The van der Waals surface area contributed by atoms with E-state index in [9.17, 15) is 5.11 Å². The lowest BCUT2D eigenvalue weighted by molar-refractivity contribution is 0.270. The van der Waals surface area contributed by atoms with Crippen LogP contribution in [0.2, 0.25) is 0 Å². The van der Waals surface area contributed by atoms with E-state index >= 15 is 0 Å². The fourth-order valence-corrected chi connectivity index (χ4v) is 3.92. The van der Waals surface area contributed by atoms with Crippen molar-refractivity contribution in [1.82, 2.24) is 14.8 Å². The van der Waals surface area contributed by atoms with Crippen LogP contribution in [0.4, 0.5) is 5.69 Å². The summed E-state index contributed by atoms with van der Waals surface area (Å²) < 4.78 is 1.79. The normalized spacial score (nSPS) is 16.8. The number of rotatable bonds is 4. The third-order valence-corrected chi connectivity index (χ3v) is 5.18. The van der Waals surface area contributed by atoms with Gasteiger partial charge in [-0.15, -0.1) is 11.3 Å². The molecule has 0 bridgehead atoms. The summed E-state index contributed by atoms with van der Waals surface area (Å²) in [6.45, 7) is 1.80. The maximum Gasteiger partial charge on any atom is 0.126 e.